The molecule has 1 heterocycles. The van der Waals surface area contributed by atoms with Gasteiger partial charge in [-0.1, -0.05) is 25.1 Å². The number of rotatable bonds is 3. The molecule has 4 nitrogen and oxygen atoms in total. The maximum atomic E-state index is 12.3. The molecule has 0 bridgehead atoms. The fourth-order valence-electron chi connectivity index (χ4n) is 2.07. The molecule has 3 aromatic rings. The number of carbonyl (C=O) groups is 1. The van der Waals surface area contributed by atoms with Crippen molar-refractivity contribution in [2.24, 2.45) is 0 Å². The SMILES string of the molecule is CCc1ccccc1NC(=O)c1ccc2nsnc2c1. The zero-order chi connectivity index (χ0) is 13.9. The molecule has 0 aliphatic rings. The summed E-state index contributed by atoms with van der Waals surface area (Å²) in [5, 5.41) is 2.95. The van der Waals surface area contributed by atoms with Gasteiger partial charge in [0.15, 0.2) is 0 Å². The standard InChI is InChI=1S/C15H13N3OS/c1-2-10-5-3-4-6-12(10)16-15(19)11-7-8-13-14(9-11)18-20-17-13/h3-9H,2H2,1H3,(H,16,19). The molecular weight excluding hydrogens is 270 g/mol. The number of fused-ring (bicyclic) bond motifs is 1. The first kappa shape index (κ1) is 12.7. The monoisotopic (exact) mass is 283 g/mol. The van der Waals surface area contributed by atoms with Gasteiger partial charge in [-0.05, 0) is 36.2 Å². The van der Waals surface area contributed by atoms with Crippen molar-refractivity contribution in [3.63, 3.8) is 0 Å². The number of aryl methyl sites for hydroxylation is 1. The Bertz CT molecular complexity index is 766. The van der Waals surface area contributed by atoms with Crippen LogP contribution >= 0.6 is 11.7 Å². The summed E-state index contributed by atoms with van der Waals surface area (Å²) in [6, 6.07) is 13.2. The van der Waals surface area contributed by atoms with Gasteiger partial charge in [-0.25, -0.2) is 0 Å². The van der Waals surface area contributed by atoms with Gasteiger partial charge in [0, 0.05) is 11.3 Å². The van der Waals surface area contributed by atoms with Crippen LogP contribution in [-0.4, -0.2) is 14.7 Å². The minimum absolute atomic E-state index is 0.124. The fraction of sp³-hybridized carbons (Fsp3) is 0.133. The lowest BCUT2D eigenvalue weighted by molar-refractivity contribution is 0.102. The Labute approximate surface area is 120 Å². The van der Waals surface area contributed by atoms with Crippen LogP contribution in [0.2, 0.25) is 0 Å². The lowest BCUT2D eigenvalue weighted by Crippen LogP contribution is -2.13. The largest absolute Gasteiger partial charge is 0.322 e. The minimum atomic E-state index is -0.124. The quantitative estimate of drug-likeness (QED) is 0.800. The van der Waals surface area contributed by atoms with Crippen LogP contribution in [0.3, 0.4) is 0 Å². The maximum absolute atomic E-state index is 12.3. The van der Waals surface area contributed by atoms with E-state index in [0.717, 1.165) is 40.4 Å². The van der Waals surface area contributed by atoms with Crippen LogP contribution in [-0.2, 0) is 6.42 Å². The van der Waals surface area contributed by atoms with Gasteiger partial charge < -0.3 is 5.32 Å². The second kappa shape index (κ2) is 5.38. The highest BCUT2D eigenvalue weighted by Crippen LogP contribution is 2.18. The summed E-state index contributed by atoms with van der Waals surface area (Å²) in [6.07, 6.45) is 0.880. The Morgan fingerprint density at radius 3 is 2.80 bits per heavy atom. The van der Waals surface area contributed by atoms with E-state index in [1.165, 1.54) is 0 Å². The molecule has 0 aliphatic carbocycles. The Morgan fingerprint density at radius 1 is 1.15 bits per heavy atom. The van der Waals surface area contributed by atoms with E-state index < -0.39 is 0 Å². The van der Waals surface area contributed by atoms with Crippen LogP contribution in [0.25, 0.3) is 11.0 Å². The average Bonchev–Trinajstić information content (AvgIpc) is 2.95. The van der Waals surface area contributed by atoms with Gasteiger partial charge in [-0.2, -0.15) is 8.75 Å². The smallest absolute Gasteiger partial charge is 0.255 e. The first-order chi connectivity index (χ1) is 9.78. The molecule has 2 aromatic carbocycles. The normalized spacial score (nSPS) is 10.7. The Hall–Kier alpha value is -2.27. The highest BCUT2D eigenvalue weighted by atomic mass is 32.1. The molecule has 5 heteroatoms. The molecule has 0 spiro atoms. The van der Waals surface area contributed by atoms with Crippen LogP contribution in [0.4, 0.5) is 5.69 Å². The molecule has 0 fully saturated rings. The highest BCUT2D eigenvalue weighted by molar-refractivity contribution is 7.00. The minimum Gasteiger partial charge on any atom is -0.322 e. The molecule has 0 saturated heterocycles. The molecule has 0 unspecified atom stereocenters. The first-order valence-electron chi connectivity index (χ1n) is 6.39. The van der Waals surface area contributed by atoms with E-state index in [4.69, 9.17) is 0 Å². The topological polar surface area (TPSA) is 54.9 Å². The molecule has 1 aromatic heterocycles. The summed E-state index contributed by atoms with van der Waals surface area (Å²) in [6.45, 7) is 2.07. The summed E-state index contributed by atoms with van der Waals surface area (Å²) < 4.78 is 8.28. The van der Waals surface area contributed by atoms with Crippen LogP contribution in [0, 0.1) is 0 Å². The third kappa shape index (κ3) is 2.40. The van der Waals surface area contributed by atoms with E-state index >= 15 is 0 Å². The predicted octanol–water partition coefficient (Wildman–Crippen LogP) is 3.51. The van der Waals surface area contributed by atoms with Crippen LogP contribution in [0.5, 0.6) is 0 Å². The zero-order valence-corrected chi connectivity index (χ0v) is 11.8. The molecule has 0 atom stereocenters. The number of carbonyl (C=O) groups excluding carboxylic acids is 1. The number of para-hydroxylation sites is 1. The molecule has 0 radical (unpaired) electrons. The van der Waals surface area contributed by atoms with Crippen LogP contribution in [0.1, 0.15) is 22.8 Å². The highest BCUT2D eigenvalue weighted by Gasteiger charge is 2.10. The van der Waals surface area contributed by atoms with E-state index in [0.29, 0.717) is 5.56 Å². The number of hydrogen-bond donors (Lipinski definition) is 1. The molecule has 100 valence electrons. The van der Waals surface area contributed by atoms with Crippen LogP contribution < -0.4 is 5.32 Å². The van der Waals surface area contributed by atoms with Gasteiger partial charge in [0.1, 0.15) is 11.0 Å². The second-order valence-electron chi connectivity index (χ2n) is 4.43. The van der Waals surface area contributed by atoms with Crippen molar-refractivity contribution in [3.05, 3.63) is 53.6 Å². The molecule has 0 aliphatic heterocycles. The molecule has 3 rings (SSSR count). The molecule has 0 saturated carbocycles. The second-order valence-corrected chi connectivity index (χ2v) is 4.96. The van der Waals surface area contributed by atoms with Crippen molar-refractivity contribution in [1.82, 2.24) is 8.75 Å². The van der Waals surface area contributed by atoms with Gasteiger partial charge in [0.25, 0.3) is 5.91 Å². The fourth-order valence-corrected chi connectivity index (χ4v) is 2.59. The first-order valence-corrected chi connectivity index (χ1v) is 7.12. The van der Waals surface area contributed by atoms with E-state index in [-0.39, 0.29) is 5.91 Å². The van der Waals surface area contributed by atoms with Crippen LogP contribution in [0.15, 0.2) is 42.5 Å². The Balaban J connectivity index is 1.88. The predicted molar refractivity (Wildman–Crippen MR) is 81.2 cm³/mol. The number of aromatic nitrogens is 2. The van der Waals surface area contributed by atoms with Gasteiger partial charge in [-0.3, -0.25) is 4.79 Å². The third-order valence-electron chi connectivity index (χ3n) is 3.16. The van der Waals surface area contributed by atoms with Gasteiger partial charge in [-0.15, -0.1) is 0 Å². The maximum Gasteiger partial charge on any atom is 0.255 e. The van der Waals surface area contributed by atoms with Gasteiger partial charge in [0.2, 0.25) is 0 Å². The van der Waals surface area contributed by atoms with Gasteiger partial charge in [0.05, 0.1) is 11.7 Å². The summed E-state index contributed by atoms with van der Waals surface area (Å²) in [5.41, 5.74) is 4.15. The summed E-state index contributed by atoms with van der Waals surface area (Å²) in [5.74, 6) is -0.124. The number of benzene rings is 2. The number of hydrogen-bond acceptors (Lipinski definition) is 4. The van der Waals surface area contributed by atoms with Crippen molar-refractivity contribution in [3.8, 4) is 0 Å². The molecule has 1 N–H and O–H groups in total. The number of amides is 1. The number of nitrogens with one attached hydrogen (secondary N) is 1. The van der Waals surface area contributed by atoms with Crippen molar-refractivity contribution in [2.45, 2.75) is 13.3 Å². The molecular formula is C15H13N3OS. The van der Waals surface area contributed by atoms with E-state index in [1.807, 2.05) is 30.3 Å². The van der Waals surface area contributed by atoms with E-state index in [1.54, 1.807) is 12.1 Å². The third-order valence-corrected chi connectivity index (χ3v) is 3.72. The molecule has 1 amide bonds. The summed E-state index contributed by atoms with van der Waals surface area (Å²) in [7, 11) is 0. The summed E-state index contributed by atoms with van der Waals surface area (Å²) >= 11 is 1.15. The van der Waals surface area contributed by atoms with Crippen molar-refractivity contribution >= 4 is 34.4 Å². The lowest BCUT2D eigenvalue weighted by Gasteiger charge is -2.09. The zero-order valence-electron chi connectivity index (χ0n) is 11.0. The van der Waals surface area contributed by atoms with Gasteiger partial charge >= 0.3 is 0 Å². The van der Waals surface area contributed by atoms with Crippen molar-refractivity contribution < 1.29 is 4.79 Å². The van der Waals surface area contributed by atoms with E-state index in [9.17, 15) is 4.79 Å². The van der Waals surface area contributed by atoms with Crippen molar-refractivity contribution in [1.29, 1.82) is 0 Å². The average molecular weight is 283 g/mol. The number of nitrogens with zero attached hydrogens (tertiary/aromatic N) is 2. The molecule has 20 heavy (non-hydrogen) atoms. The number of anilines is 1. The Kier molecular flexibility index (Phi) is 3.43. The van der Waals surface area contributed by atoms with Crippen molar-refractivity contribution in [2.75, 3.05) is 5.32 Å². The lowest BCUT2D eigenvalue weighted by atomic mass is 10.1. The Morgan fingerprint density at radius 2 is 1.95 bits per heavy atom. The van der Waals surface area contributed by atoms with E-state index in [2.05, 4.69) is 21.0 Å². The summed E-state index contributed by atoms with van der Waals surface area (Å²) in [4.78, 5) is 12.3.